The minimum Gasteiger partial charge on any atom is -0.0620 e. The maximum atomic E-state index is 2.36. The third-order valence-electron chi connectivity index (χ3n) is 3.21. The van der Waals surface area contributed by atoms with Crippen molar-refractivity contribution in [1.82, 2.24) is 0 Å². The summed E-state index contributed by atoms with van der Waals surface area (Å²) in [5, 5.41) is 0. The third-order valence-corrected chi connectivity index (χ3v) is 3.21. The molecule has 2 rings (SSSR count). The summed E-state index contributed by atoms with van der Waals surface area (Å²) in [4.78, 5) is 0. The predicted molar refractivity (Wildman–Crippen MR) is 52.3 cm³/mol. The van der Waals surface area contributed by atoms with Crippen LogP contribution < -0.4 is 0 Å². The number of benzene rings is 1. The first-order chi connectivity index (χ1) is 5.79. The van der Waals surface area contributed by atoms with E-state index in [2.05, 4.69) is 38.1 Å². The van der Waals surface area contributed by atoms with Crippen LogP contribution in [0.4, 0.5) is 0 Å². The lowest BCUT2D eigenvalue weighted by Crippen LogP contribution is -2.21. The van der Waals surface area contributed by atoms with Gasteiger partial charge in [0.05, 0.1) is 0 Å². The maximum absolute atomic E-state index is 2.36. The van der Waals surface area contributed by atoms with Gasteiger partial charge in [0, 0.05) is 0 Å². The van der Waals surface area contributed by atoms with Crippen molar-refractivity contribution in [3.05, 3.63) is 35.4 Å². The van der Waals surface area contributed by atoms with Crippen molar-refractivity contribution in [1.29, 1.82) is 0 Å². The van der Waals surface area contributed by atoms with Gasteiger partial charge in [0.1, 0.15) is 0 Å². The fourth-order valence-electron chi connectivity index (χ4n) is 2.13. The van der Waals surface area contributed by atoms with Gasteiger partial charge in [-0.05, 0) is 42.7 Å². The second kappa shape index (κ2) is 2.93. The molecule has 0 amide bonds. The summed E-state index contributed by atoms with van der Waals surface area (Å²) in [5.41, 5.74) is 3.05. The van der Waals surface area contributed by atoms with Crippen LogP contribution in [0, 0.1) is 12.8 Å². The second-order valence-corrected chi connectivity index (χ2v) is 4.02. The first kappa shape index (κ1) is 7.85. The van der Waals surface area contributed by atoms with Gasteiger partial charge < -0.3 is 0 Å². The number of aryl methyl sites for hydroxylation is 1. The van der Waals surface area contributed by atoms with Crippen molar-refractivity contribution in [3.63, 3.8) is 0 Å². The molecule has 0 bridgehead atoms. The molecule has 1 aromatic rings. The number of hydrogen-bond donors (Lipinski definition) is 0. The molecule has 0 aliphatic heterocycles. The largest absolute Gasteiger partial charge is 0.0620 e. The van der Waals surface area contributed by atoms with Crippen LogP contribution in [0.3, 0.4) is 0 Å². The maximum Gasteiger partial charge on any atom is -0.0134 e. The van der Waals surface area contributed by atoms with Crippen molar-refractivity contribution < 1.29 is 0 Å². The molecule has 0 aromatic heterocycles. The molecule has 0 heteroatoms. The molecule has 0 nitrogen and oxygen atoms in total. The summed E-state index contributed by atoms with van der Waals surface area (Å²) >= 11 is 0. The number of hydrogen-bond acceptors (Lipinski definition) is 0. The van der Waals surface area contributed by atoms with Crippen molar-refractivity contribution in [2.24, 2.45) is 5.92 Å². The summed E-state index contributed by atoms with van der Waals surface area (Å²) < 4.78 is 0. The van der Waals surface area contributed by atoms with E-state index in [9.17, 15) is 0 Å². The zero-order valence-corrected chi connectivity index (χ0v) is 7.88. The van der Waals surface area contributed by atoms with Gasteiger partial charge in [-0.15, -0.1) is 0 Å². The quantitative estimate of drug-likeness (QED) is 0.589. The molecular formula is C12H16. The highest BCUT2D eigenvalue weighted by Crippen LogP contribution is 2.42. The van der Waals surface area contributed by atoms with Gasteiger partial charge in [-0.2, -0.15) is 0 Å². The van der Waals surface area contributed by atoms with Crippen LogP contribution in [0.5, 0.6) is 0 Å². The Morgan fingerprint density at radius 2 is 1.92 bits per heavy atom. The van der Waals surface area contributed by atoms with E-state index in [1.165, 1.54) is 18.4 Å². The Hall–Kier alpha value is -0.780. The second-order valence-electron chi connectivity index (χ2n) is 4.02. The van der Waals surface area contributed by atoms with E-state index in [0.29, 0.717) is 0 Å². The Balaban J connectivity index is 2.27. The van der Waals surface area contributed by atoms with Crippen LogP contribution in [0.2, 0.25) is 0 Å². The van der Waals surface area contributed by atoms with E-state index in [1.54, 1.807) is 5.56 Å². The van der Waals surface area contributed by atoms with Crippen LogP contribution >= 0.6 is 0 Å². The third kappa shape index (κ3) is 1.16. The molecular weight excluding hydrogens is 144 g/mol. The average molecular weight is 160 g/mol. The van der Waals surface area contributed by atoms with Gasteiger partial charge in [-0.25, -0.2) is 0 Å². The lowest BCUT2D eigenvalue weighted by atomic mass is 9.70. The Labute approximate surface area is 74.6 Å². The van der Waals surface area contributed by atoms with Gasteiger partial charge in [0.15, 0.2) is 0 Å². The predicted octanol–water partition coefficient (Wildman–Crippen LogP) is 3.51. The minimum absolute atomic E-state index is 0.853. The summed E-state index contributed by atoms with van der Waals surface area (Å²) in [6, 6.07) is 8.80. The molecule has 1 fully saturated rings. The Kier molecular flexibility index (Phi) is 1.92. The van der Waals surface area contributed by atoms with Crippen molar-refractivity contribution >= 4 is 0 Å². The Morgan fingerprint density at radius 3 is 2.42 bits per heavy atom. The molecule has 0 spiro atoms. The molecule has 1 saturated carbocycles. The van der Waals surface area contributed by atoms with Crippen LogP contribution in [0.1, 0.15) is 36.8 Å². The smallest absolute Gasteiger partial charge is 0.0134 e. The average Bonchev–Trinajstić information content (AvgIpc) is 2.06. The van der Waals surface area contributed by atoms with Crippen LogP contribution in [-0.2, 0) is 0 Å². The Morgan fingerprint density at radius 1 is 1.17 bits per heavy atom. The highest BCUT2D eigenvalue weighted by atomic mass is 14.3. The van der Waals surface area contributed by atoms with Crippen molar-refractivity contribution in [2.45, 2.75) is 32.6 Å². The SMILES string of the molecule is Cc1ccccc1C1CCC1C. The lowest BCUT2D eigenvalue weighted by molar-refractivity contribution is 0.279. The Bertz CT molecular complexity index is 275. The summed E-state index contributed by atoms with van der Waals surface area (Å²) in [6.07, 6.45) is 2.81. The molecule has 0 radical (unpaired) electrons. The normalized spacial score (nSPS) is 28.2. The first-order valence-corrected chi connectivity index (χ1v) is 4.84. The van der Waals surface area contributed by atoms with Crippen molar-refractivity contribution in [3.8, 4) is 0 Å². The zero-order valence-electron chi connectivity index (χ0n) is 7.88. The molecule has 0 saturated heterocycles. The van der Waals surface area contributed by atoms with E-state index in [-0.39, 0.29) is 0 Å². The fraction of sp³-hybridized carbons (Fsp3) is 0.500. The van der Waals surface area contributed by atoms with Crippen LogP contribution in [-0.4, -0.2) is 0 Å². The molecule has 2 atom stereocenters. The van der Waals surface area contributed by atoms with Crippen molar-refractivity contribution in [2.75, 3.05) is 0 Å². The van der Waals surface area contributed by atoms with Crippen LogP contribution in [0.15, 0.2) is 24.3 Å². The topological polar surface area (TPSA) is 0 Å². The standard InChI is InChI=1S/C12H16/c1-9-5-3-4-6-11(9)12-8-7-10(12)2/h3-6,10,12H,7-8H2,1-2H3. The zero-order chi connectivity index (χ0) is 8.55. The van der Waals surface area contributed by atoms with E-state index >= 15 is 0 Å². The van der Waals surface area contributed by atoms with Gasteiger partial charge >= 0.3 is 0 Å². The lowest BCUT2D eigenvalue weighted by Gasteiger charge is -2.35. The molecule has 1 aliphatic rings. The minimum atomic E-state index is 0.853. The summed E-state index contributed by atoms with van der Waals surface area (Å²) in [6.45, 7) is 4.58. The van der Waals surface area contributed by atoms with E-state index < -0.39 is 0 Å². The highest BCUT2D eigenvalue weighted by Gasteiger charge is 2.28. The fourth-order valence-corrected chi connectivity index (χ4v) is 2.13. The molecule has 0 heterocycles. The number of rotatable bonds is 1. The first-order valence-electron chi connectivity index (χ1n) is 4.84. The monoisotopic (exact) mass is 160 g/mol. The molecule has 1 aromatic carbocycles. The molecule has 1 aliphatic carbocycles. The van der Waals surface area contributed by atoms with E-state index in [0.717, 1.165) is 11.8 Å². The molecule has 64 valence electrons. The van der Waals surface area contributed by atoms with E-state index in [4.69, 9.17) is 0 Å². The summed E-state index contributed by atoms with van der Waals surface area (Å²) in [7, 11) is 0. The van der Waals surface area contributed by atoms with E-state index in [1.807, 2.05) is 0 Å². The van der Waals surface area contributed by atoms with Gasteiger partial charge in [-0.1, -0.05) is 31.2 Å². The van der Waals surface area contributed by atoms with Gasteiger partial charge in [0.25, 0.3) is 0 Å². The molecule has 2 unspecified atom stereocenters. The van der Waals surface area contributed by atoms with Crippen LogP contribution in [0.25, 0.3) is 0 Å². The molecule has 0 N–H and O–H groups in total. The molecule has 12 heavy (non-hydrogen) atoms. The van der Waals surface area contributed by atoms with Gasteiger partial charge in [-0.3, -0.25) is 0 Å². The summed E-state index contributed by atoms with van der Waals surface area (Å²) in [5.74, 6) is 1.76. The van der Waals surface area contributed by atoms with Gasteiger partial charge in [0.2, 0.25) is 0 Å². The highest BCUT2D eigenvalue weighted by molar-refractivity contribution is 5.30.